The maximum Gasteiger partial charge on any atom is 0.248 e. The third kappa shape index (κ3) is 7.50. The average Bonchev–Trinajstić information content (AvgIpc) is 3.10. The number of nitriles is 1. The molecule has 6 rings (SSSR count). The number of hydrogen-bond acceptors (Lipinski definition) is 11. The summed E-state index contributed by atoms with van der Waals surface area (Å²) in [6.45, 7) is 9.18. The maximum atomic E-state index is 12.1. The van der Waals surface area contributed by atoms with Crippen molar-refractivity contribution in [3.63, 3.8) is 0 Å². The predicted molar refractivity (Wildman–Crippen MR) is 174 cm³/mol. The molecule has 0 radical (unpaired) electrons. The molecule has 0 unspecified atom stereocenters. The molecule has 1 amide bonds. The number of carbonyl (C=O) groups is 1. The molecule has 3 aliphatic heterocycles. The molecule has 12 nitrogen and oxygen atoms in total. The molecule has 0 spiro atoms. The van der Waals surface area contributed by atoms with Crippen LogP contribution in [0.1, 0.15) is 25.3 Å². The number of morpholine rings is 2. The molecule has 3 aliphatic rings. The Morgan fingerprint density at radius 3 is 2.46 bits per heavy atom. The Morgan fingerprint density at radius 1 is 0.978 bits per heavy atom. The molecule has 242 valence electrons. The molecule has 12 heteroatoms. The zero-order valence-electron chi connectivity index (χ0n) is 26.5. The summed E-state index contributed by atoms with van der Waals surface area (Å²) in [7, 11) is 1.67. The van der Waals surface area contributed by atoms with Gasteiger partial charge in [0.05, 0.1) is 44.7 Å². The summed E-state index contributed by atoms with van der Waals surface area (Å²) in [6.07, 6.45) is 5.44. The van der Waals surface area contributed by atoms with Crippen molar-refractivity contribution in [3.8, 4) is 28.7 Å². The Morgan fingerprint density at radius 2 is 1.74 bits per heavy atom. The molecule has 3 aromatic rings. The summed E-state index contributed by atoms with van der Waals surface area (Å²) in [5, 5.41) is 13.0. The highest BCUT2D eigenvalue weighted by molar-refractivity contribution is 5.78. The van der Waals surface area contributed by atoms with Gasteiger partial charge in [-0.3, -0.25) is 9.69 Å². The first-order valence-electron chi connectivity index (χ1n) is 15.9. The average molecular weight is 628 g/mol. The molecular weight excluding hydrogens is 586 g/mol. The van der Waals surface area contributed by atoms with Crippen molar-refractivity contribution in [1.29, 1.82) is 5.26 Å². The van der Waals surface area contributed by atoms with E-state index in [-0.39, 0.29) is 18.6 Å². The molecule has 1 N–H and O–H groups in total. The highest BCUT2D eigenvalue weighted by Gasteiger charge is 2.26. The number of amides is 1. The van der Waals surface area contributed by atoms with Crippen LogP contribution in [0.15, 0.2) is 48.8 Å². The van der Waals surface area contributed by atoms with Gasteiger partial charge >= 0.3 is 0 Å². The van der Waals surface area contributed by atoms with Gasteiger partial charge in [0.25, 0.3) is 0 Å². The third-order valence-corrected chi connectivity index (χ3v) is 8.80. The second kappa shape index (κ2) is 14.8. The minimum atomic E-state index is -0.310. The molecule has 3 fully saturated rings. The zero-order chi connectivity index (χ0) is 31.9. The van der Waals surface area contributed by atoms with Crippen LogP contribution >= 0.6 is 0 Å². The summed E-state index contributed by atoms with van der Waals surface area (Å²) in [6, 6.07) is 14.4. The lowest BCUT2D eigenvalue weighted by molar-refractivity contribution is -0.143. The van der Waals surface area contributed by atoms with E-state index < -0.39 is 0 Å². The second-order valence-electron chi connectivity index (χ2n) is 11.8. The summed E-state index contributed by atoms with van der Waals surface area (Å²) in [5.41, 5.74) is 3.93. The third-order valence-electron chi connectivity index (χ3n) is 8.80. The number of anilines is 3. The van der Waals surface area contributed by atoms with Crippen LogP contribution in [0, 0.1) is 11.3 Å². The fourth-order valence-corrected chi connectivity index (χ4v) is 6.27. The summed E-state index contributed by atoms with van der Waals surface area (Å²) in [4.78, 5) is 27.9. The van der Waals surface area contributed by atoms with Crippen molar-refractivity contribution in [3.05, 3.63) is 54.4 Å². The summed E-state index contributed by atoms with van der Waals surface area (Å²) in [5.74, 6) is 1.55. The normalized spacial score (nSPS) is 18.6. The molecule has 0 aliphatic carbocycles. The molecule has 1 aromatic heterocycles. The van der Waals surface area contributed by atoms with Crippen molar-refractivity contribution in [2.75, 3.05) is 83.0 Å². The molecular formula is C34H41N7O5. The number of ether oxygens (including phenoxy) is 4. The Hall–Kier alpha value is -4.44. The van der Waals surface area contributed by atoms with Gasteiger partial charge in [-0.15, -0.1) is 0 Å². The monoisotopic (exact) mass is 627 g/mol. The number of rotatable bonds is 10. The van der Waals surface area contributed by atoms with Gasteiger partial charge < -0.3 is 34.1 Å². The lowest BCUT2D eigenvalue weighted by Gasteiger charge is -2.40. The van der Waals surface area contributed by atoms with Gasteiger partial charge in [-0.05, 0) is 49.6 Å². The van der Waals surface area contributed by atoms with Gasteiger partial charge in [0.15, 0.2) is 0 Å². The zero-order valence-corrected chi connectivity index (χ0v) is 26.5. The van der Waals surface area contributed by atoms with Crippen LogP contribution in [-0.4, -0.2) is 111 Å². The van der Waals surface area contributed by atoms with Crippen molar-refractivity contribution < 1.29 is 23.7 Å². The molecule has 0 bridgehead atoms. The highest BCUT2D eigenvalue weighted by Crippen LogP contribution is 2.34. The first kappa shape index (κ1) is 31.5. The Labute approximate surface area is 269 Å². The van der Waals surface area contributed by atoms with Crippen LogP contribution in [0.25, 0.3) is 11.1 Å². The SMILES string of the molecule is COc1cc(N2CCC(N3CCOCC3)CC2)ccc1Nc1ncc(-c2ccc(C#N)c(O[C@@H](C)CN3CCOCC3=O)c2)cn1. The Bertz CT molecular complexity index is 1530. The van der Waals surface area contributed by atoms with Gasteiger partial charge in [0, 0.05) is 68.5 Å². The van der Waals surface area contributed by atoms with Crippen molar-refractivity contribution in [2.24, 2.45) is 0 Å². The standard InChI is InChI=1S/C34H41N7O5/c1-24(22-41-13-16-45-23-33(41)42)46-31-17-25(3-4-26(31)19-35)27-20-36-34(37-21-27)38-30-6-5-29(18-32(30)43-2)39-9-7-28(8-10-39)40-11-14-44-15-12-40/h3-6,17-18,20-21,24,28H,7-16,22-23H2,1-2H3,(H,36,37,38)/t24-/m0/s1. The van der Waals surface area contributed by atoms with E-state index in [2.05, 4.69) is 43.3 Å². The van der Waals surface area contributed by atoms with Crippen molar-refractivity contribution in [1.82, 2.24) is 19.8 Å². The first-order chi connectivity index (χ1) is 22.5. The maximum absolute atomic E-state index is 12.1. The van der Waals surface area contributed by atoms with Crippen LogP contribution in [0.5, 0.6) is 11.5 Å². The van der Waals surface area contributed by atoms with Crippen LogP contribution in [0.3, 0.4) is 0 Å². The fourth-order valence-electron chi connectivity index (χ4n) is 6.27. The van der Waals surface area contributed by atoms with Gasteiger partial charge in [0.1, 0.15) is 30.3 Å². The number of piperidine rings is 1. The fraction of sp³-hybridized carbons (Fsp3) is 0.471. The van der Waals surface area contributed by atoms with Gasteiger partial charge in [-0.2, -0.15) is 5.26 Å². The van der Waals surface area contributed by atoms with E-state index in [1.165, 1.54) is 0 Å². The molecule has 1 atom stereocenters. The number of hydrogen-bond donors (Lipinski definition) is 1. The van der Waals surface area contributed by atoms with Crippen LogP contribution < -0.4 is 19.7 Å². The molecule has 3 saturated heterocycles. The number of benzene rings is 2. The van der Waals surface area contributed by atoms with E-state index in [1.807, 2.05) is 25.1 Å². The Balaban J connectivity index is 1.08. The minimum Gasteiger partial charge on any atom is -0.494 e. The van der Waals surface area contributed by atoms with Gasteiger partial charge in [-0.25, -0.2) is 9.97 Å². The van der Waals surface area contributed by atoms with Crippen LogP contribution in [-0.2, 0) is 14.3 Å². The van der Waals surface area contributed by atoms with Crippen molar-refractivity contribution in [2.45, 2.75) is 31.9 Å². The van der Waals surface area contributed by atoms with Crippen molar-refractivity contribution >= 4 is 23.2 Å². The minimum absolute atomic E-state index is 0.0600. The van der Waals surface area contributed by atoms with E-state index in [4.69, 9.17) is 18.9 Å². The largest absolute Gasteiger partial charge is 0.494 e. The number of aromatic nitrogens is 2. The summed E-state index contributed by atoms with van der Waals surface area (Å²) >= 11 is 0. The van der Waals surface area contributed by atoms with E-state index in [1.54, 1.807) is 30.5 Å². The van der Waals surface area contributed by atoms with E-state index in [0.717, 1.165) is 80.5 Å². The molecule has 0 saturated carbocycles. The van der Waals surface area contributed by atoms with Crippen LogP contribution in [0.4, 0.5) is 17.3 Å². The lowest BCUT2D eigenvalue weighted by atomic mass is 10.0. The highest BCUT2D eigenvalue weighted by atomic mass is 16.5. The lowest BCUT2D eigenvalue weighted by Crippen LogP contribution is -2.49. The summed E-state index contributed by atoms with van der Waals surface area (Å²) < 4.78 is 22.6. The molecule has 46 heavy (non-hydrogen) atoms. The van der Waals surface area contributed by atoms with Gasteiger partial charge in [0.2, 0.25) is 11.9 Å². The van der Waals surface area contributed by atoms with E-state index in [9.17, 15) is 10.1 Å². The number of nitrogens with one attached hydrogen (secondary N) is 1. The predicted octanol–water partition coefficient (Wildman–Crippen LogP) is 3.69. The Kier molecular flexibility index (Phi) is 10.1. The number of nitrogens with zero attached hydrogens (tertiary/aromatic N) is 6. The molecule has 4 heterocycles. The second-order valence-corrected chi connectivity index (χ2v) is 11.8. The topological polar surface area (TPSA) is 125 Å². The van der Waals surface area contributed by atoms with E-state index >= 15 is 0 Å². The smallest absolute Gasteiger partial charge is 0.248 e. The quantitative estimate of drug-likeness (QED) is 0.354. The first-order valence-corrected chi connectivity index (χ1v) is 15.9. The molecule has 2 aromatic carbocycles. The number of carbonyl (C=O) groups excluding carboxylic acids is 1. The van der Waals surface area contributed by atoms with Crippen LogP contribution in [0.2, 0.25) is 0 Å². The van der Waals surface area contributed by atoms with Gasteiger partial charge in [-0.1, -0.05) is 6.07 Å². The van der Waals surface area contributed by atoms with E-state index in [0.29, 0.717) is 43.0 Å². The number of methoxy groups -OCH3 is 1.